The maximum atomic E-state index is 14.1. The summed E-state index contributed by atoms with van der Waals surface area (Å²) in [6, 6.07) is 9.89. The second kappa shape index (κ2) is 8.49. The van der Waals surface area contributed by atoms with Gasteiger partial charge in [0.15, 0.2) is 0 Å². The van der Waals surface area contributed by atoms with Gasteiger partial charge in [-0.2, -0.15) is 0 Å². The number of anilines is 1. The zero-order valence-electron chi connectivity index (χ0n) is 17.2. The molecule has 0 aliphatic heterocycles. The highest BCUT2D eigenvalue weighted by atomic mass is 32.2. The summed E-state index contributed by atoms with van der Waals surface area (Å²) in [5, 5.41) is 2.72. The smallest absolute Gasteiger partial charge is 0.241 e. The molecular weight excluding hydrogens is 398 g/mol. The summed E-state index contributed by atoms with van der Waals surface area (Å²) in [7, 11) is -3.96. The lowest BCUT2D eigenvalue weighted by Gasteiger charge is -2.24. The van der Waals surface area contributed by atoms with E-state index in [-0.39, 0.29) is 17.1 Å². The summed E-state index contributed by atoms with van der Waals surface area (Å²) in [6.07, 6.45) is 0.859. The predicted molar refractivity (Wildman–Crippen MR) is 110 cm³/mol. The molecule has 0 spiro atoms. The molecule has 0 aromatic heterocycles. The lowest BCUT2D eigenvalue weighted by molar-refractivity contribution is -0.120. The topological polar surface area (TPSA) is 66.5 Å². The summed E-state index contributed by atoms with van der Waals surface area (Å²) in [4.78, 5) is 12.4. The Labute approximate surface area is 170 Å². The van der Waals surface area contributed by atoms with Gasteiger partial charge in [-0.1, -0.05) is 45.0 Å². The van der Waals surface area contributed by atoms with Crippen LogP contribution in [0.5, 0.6) is 0 Å². The molecule has 1 N–H and O–H groups in total. The van der Waals surface area contributed by atoms with E-state index in [1.807, 2.05) is 24.3 Å². The van der Waals surface area contributed by atoms with E-state index in [0.29, 0.717) is 10.4 Å². The van der Waals surface area contributed by atoms with Gasteiger partial charge in [-0.05, 0) is 35.6 Å². The fraction of sp³-hybridized carbons (Fsp3) is 0.381. The van der Waals surface area contributed by atoms with Crippen LogP contribution in [0.3, 0.4) is 0 Å². The number of nitrogens with zero attached hydrogens (tertiary/aromatic N) is 1. The Bertz CT molecular complexity index is 984. The molecule has 8 heteroatoms. The van der Waals surface area contributed by atoms with Gasteiger partial charge in [0, 0.05) is 6.07 Å². The van der Waals surface area contributed by atoms with Crippen LogP contribution >= 0.6 is 0 Å². The first-order valence-electron chi connectivity index (χ1n) is 9.11. The molecule has 0 aliphatic rings. The van der Waals surface area contributed by atoms with E-state index in [0.717, 1.165) is 29.5 Å². The normalized spacial score (nSPS) is 13.1. The van der Waals surface area contributed by atoms with Gasteiger partial charge in [-0.3, -0.25) is 9.10 Å². The molecule has 0 fully saturated rings. The van der Waals surface area contributed by atoms with E-state index in [4.69, 9.17) is 0 Å². The van der Waals surface area contributed by atoms with Crippen molar-refractivity contribution in [3.8, 4) is 0 Å². The predicted octanol–water partition coefficient (Wildman–Crippen LogP) is 3.91. The lowest BCUT2D eigenvalue weighted by Crippen LogP contribution is -2.41. The quantitative estimate of drug-likeness (QED) is 0.765. The highest BCUT2D eigenvalue weighted by Crippen LogP contribution is 2.25. The SMILES string of the molecule is C[C@H](NC(=O)CN(c1ccc(F)cc1F)S(C)(=O)=O)c1ccc(C(C)(C)C)cc1. The minimum atomic E-state index is -3.96. The van der Waals surface area contributed by atoms with Crippen molar-refractivity contribution in [2.24, 2.45) is 0 Å². The molecule has 2 rings (SSSR count). The molecule has 0 unspecified atom stereocenters. The fourth-order valence-electron chi connectivity index (χ4n) is 2.84. The van der Waals surface area contributed by atoms with Crippen LogP contribution in [0.4, 0.5) is 14.5 Å². The van der Waals surface area contributed by atoms with Gasteiger partial charge in [0.25, 0.3) is 0 Å². The minimum Gasteiger partial charge on any atom is -0.348 e. The van der Waals surface area contributed by atoms with E-state index in [1.54, 1.807) is 6.92 Å². The molecule has 1 amide bonds. The Morgan fingerprint density at radius 2 is 1.69 bits per heavy atom. The number of hydrogen-bond acceptors (Lipinski definition) is 3. The van der Waals surface area contributed by atoms with Crippen molar-refractivity contribution in [3.63, 3.8) is 0 Å². The number of benzene rings is 2. The third-order valence-electron chi connectivity index (χ3n) is 4.52. The van der Waals surface area contributed by atoms with Gasteiger partial charge in [0.1, 0.15) is 18.2 Å². The first-order chi connectivity index (χ1) is 13.3. The largest absolute Gasteiger partial charge is 0.348 e. The molecule has 2 aromatic rings. The van der Waals surface area contributed by atoms with Gasteiger partial charge in [0.2, 0.25) is 15.9 Å². The van der Waals surface area contributed by atoms with Crippen LogP contribution in [-0.4, -0.2) is 27.1 Å². The van der Waals surface area contributed by atoms with Gasteiger partial charge in [-0.25, -0.2) is 17.2 Å². The highest BCUT2D eigenvalue weighted by molar-refractivity contribution is 7.92. The second-order valence-corrected chi connectivity index (χ2v) is 9.93. The summed E-state index contributed by atoms with van der Waals surface area (Å²) in [5.41, 5.74) is 1.62. The third kappa shape index (κ3) is 6.00. The van der Waals surface area contributed by atoms with Crippen molar-refractivity contribution >= 4 is 21.6 Å². The standard InChI is InChI=1S/C21H26F2N2O3S/c1-14(15-6-8-16(9-7-15)21(2,3)4)24-20(26)13-25(29(5,27)28)19-11-10-17(22)12-18(19)23/h6-12,14H,13H2,1-5H3,(H,24,26)/t14-/m0/s1. The molecule has 0 saturated carbocycles. The molecule has 5 nitrogen and oxygen atoms in total. The molecule has 0 heterocycles. The molecule has 29 heavy (non-hydrogen) atoms. The lowest BCUT2D eigenvalue weighted by atomic mass is 9.86. The maximum absolute atomic E-state index is 14.1. The summed E-state index contributed by atoms with van der Waals surface area (Å²) in [6.45, 7) is 7.45. The van der Waals surface area contributed by atoms with Crippen LogP contribution in [0.2, 0.25) is 0 Å². The van der Waals surface area contributed by atoms with Crippen LogP contribution in [0.1, 0.15) is 44.9 Å². The second-order valence-electron chi connectivity index (χ2n) is 8.03. The number of amides is 1. The first-order valence-corrected chi connectivity index (χ1v) is 11.0. The molecule has 158 valence electrons. The Morgan fingerprint density at radius 3 is 2.17 bits per heavy atom. The molecule has 0 aliphatic carbocycles. The zero-order valence-corrected chi connectivity index (χ0v) is 18.0. The van der Waals surface area contributed by atoms with Crippen molar-refractivity contribution in [1.29, 1.82) is 0 Å². The van der Waals surface area contributed by atoms with E-state index in [1.165, 1.54) is 0 Å². The zero-order chi connectivity index (χ0) is 22.0. The monoisotopic (exact) mass is 424 g/mol. The number of carbonyl (C=O) groups is 1. The number of nitrogens with one attached hydrogen (secondary N) is 1. The number of carbonyl (C=O) groups excluding carboxylic acids is 1. The van der Waals surface area contributed by atoms with Crippen LogP contribution in [-0.2, 0) is 20.2 Å². The molecule has 0 radical (unpaired) electrons. The molecular formula is C21H26F2N2O3S. The van der Waals surface area contributed by atoms with Crippen molar-refractivity contribution in [3.05, 3.63) is 65.2 Å². The van der Waals surface area contributed by atoms with E-state index in [9.17, 15) is 22.0 Å². The summed E-state index contributed by atoms with van der Waals surface area (Å²) < 4.78 is 52.0. The third-order valence-corrected chi connectivity index (χ3v) is 5.65. The number of hydrogen-bond donors (Lipinski definition) is 1. The average Bonchev–Trinajstić information content (AvgIpc) is 2.58. The van der Waals surface area contributed by atoms with Crippen LogP contribution in [0.15, 0.2) is 42.5 Å². The molecule has 0 saturated heterocycles. The maximum Gasteiger partial charge on any atom is 0.241 e. The number of rotatable bonds is 6. The van der Waals surface area contributed by atoms with Gasteiger partial charge < -0.3 is 5.32 Å². The van der Waals surface area contributed by atoms with Gasteiger partial charge >= 0.3 is 0 Å². The Kier molecular flexibility index (Phi) is 6.67. The molecule has 1 atom stereocenters. The Balaban J connectivity index is 2.16. The minimum absolute atomic E-state index is 0.000232. The summed E-state index contributed by atoms with van der Waals surface area (Å²) >= 11 is 0. The number of sulfonamides is 1. The van der Waals surface area contributed by atoms with Gasteiger partial charge in [-0.15, -0.1) is 0 Å². The Morgan fingerprint density at radius 1 is 1.10 bits per heavy atom. The molecule has 0 bridgehead atoms. The van der Waals surface area contributed by atoms with E-state index >= 15 is 0 Å². The van der Waals surface area contributed by atoms with Crippen molar-refractivity contribution < 1.29 is 22.0 Å². The van der Waals surface area contributed by atoms with Crippen molar-refractivity contribution in [1.82, 2.24) is 5.32 Å². The fourth-order valence-corrected chi connectivity index (χ4v) is 3.69. The van der Waals surface area contributed by atoms with Crippen molar-refractivity contribution in [2.45, 2.75) is 39.2 Å². The molecule has 2 aromatic carbocycles. The summed E-state index contributed by atoms with van der Waals surface area (Å²) in [5.74, 6) is -2.50. The number of halogens is 2. The van der Waals surface area contributed by atoms with E-state index < -0.39 is 34.1 Å². The van der Waals surface area contributed by atoms with Crippen LogP contribution < -0.4 is 9.62 Å². The first kappa shape index (κ1) is 22.8. The highest BCUT2D eigenvalue weighted by Gasteiger charge is 2.25. The van der Waals surface area contributed by atoms with Gasteiger partial charge in [0.05, 0.1) is 18.0 Å². The van der Waals surface area contributed by atoms with Crippen LogP contribution in [0.25, 0.3) is 0 Å². The Hall–Kier alpha value is -2.48. The average molecular weight is 425 g/mol. The van der Waals surface area contributed by atoms with E-state index in [2.05, 4.69) is 26.1 Å². The van der Waals surface area contributed by atoms with Crippen LogP contribution in [0, 0.1) is 11.6 Å². The van der Waals surface area contributed by atoms with Crippen molar-refractivity contribution in [2.75, 3.05) is 17.1 Å².